The highest BCUT2D eigenvalue weighted by molar-refractivity contribution is 14.0. The smallest absolute Gasteiger partial charge is 0.221 e. The predicted octanol–water partition coefficient (Wildman–Crippen LogP) is 3.46. The number of anilines is 1. The van der Waals surface area contributed by atoms with Gasteiger partial charge >= 0.3 is 0 Å². The van der Waals surface area contributed by atoms with Gasteiger partial charge in [0.05, 0.1) is 6.54 Å². The third-order valence-electron chi connectivity index (χ3n) is 4.08. The first kappa shape index (κ1) is 20.7. The molecule has 2 N–H and O–H groups in total. The van der Waals surface area contributed by atoms with Crippen LogP contribution in [0.5, 0.6) is 0 Å². The van der Waals surface area contributed by atoms with Gasteiger partial charge in [0.1, 0.15) is 0 Å². The topological polar surface area (TPSA) is 56.7 Å². The van der Waals surface area contributed by atoms with Crippen molar-refractivity contribution in [3.8, 4) is 0 Å². The summed E-state index contributed by atoms with van der Waals surface area (Å²) < 4.78 is 0. The molecule has 0 aliphatic carbocycles. The van der Waals surface area contributed by atoms with E-state index in [2.05, 4.69) is 29.4 Å². The van der Waals surface area contributed by atoms with Crippen LogP contribution in [-0.2, 0) is 11.3 Å². The Morgan fingerprint density at radius 1 is 1.33 bits per heavy atom. The number of hydrogen-bond acceptors (Lipinski definition) is 2. The number of aliphatic imine (C=N–C) groups is 1. The summed E-state index contributed by atoms with van der Waals surface area (Å²) in [7, 11) is 0. The molecule has 1 aromatic carbocycles. The first-order chi connectivity index (χ1) is 11.1. The molecule has 0 saturated carbocycles. The largest absolute Gasteiger partial charge is 0.357 e. The molecular weight excluding hydrogens is 415 g/mol. The number of likely N-dealkylation sites (tertiary alicyclic amines) is 1. The van der Waals surface area contributed by atoms with Crippen LogP contribution in [0.15, 0.2) is 29.3 Å². The maximum absolute atomic E-state index is 11.2. The summed E-state index contributed by atoms with van der Waals surface area (Å²) in [5.41, 5.74) is 1.92. The van der Waals surface area contributed by atoms with Crippen molar-refractivity contribution >= 4 is 41.5 Å². The molecule has 0 radical (unpaired) electrons. The highest BCUT2D eigenvalue weighted by Gasteiger charge is 2.18. The Bertz CT molecular complexity index is 554. The molecule has 5 nitrogen and oxygen atoms in total. The number of rotatable bonds is 4. The van der Waals surface area contributed by atoms with Gasteiger partial charge in [-0.1, -0.05) is 19.1 Å². The highest BCUT2D eigenvalue weighted by Crippen LogP contribution is 2.16. The minimum Gasteiger partial charge on any atom is -0.357 e. The lowest BCUT2D eigenvalue weighted by Crippen LogP contribution is -2.45. The zero-order valence-electron chi connectivity index (χ0n) is 14.8. The van der Waals surface area contributed by atoms with E-state index in [0.29, 0.717) is 6.54 Å². The van der Waals surface area contributed by atoms with Crippen molar-refractivity contribution in [1.82, 2.24) is 10.2 Å². The Morgan fingerprint density at radius 3 is 2.67 bits per heavy atom. The Morgan fingerprint density at radius 2 is 2.04 bits per heavy atom. The fourth-order valence-electron chi connectivity index (χ4n) is 2.76. The van der Waals surface area contributed by atoms with E-state index in [0.717, 1.165) is 42.8 Å². The Labute approximate surface area is 162 Å². The molecule has 0 bridgehead atoms. The van der Waals surface area contributed by atoms with Crippen LogP contribution in [0.4, 0.5) is 5.69 Å². The van der Waals surface area contributed by atoms with Crippen molar-refractivity contribution in [3.63, 3.8) is 0 Å². The quantitative estimate of drug-likeness (QED) is 0.425. The van der Waals surface area contributed by atoms with E-state index in [4.69, 9.17) is 4.99 Å². The number of nitrogens with zero attached hydrogens (tertiary/aromatic N) is 2. The van der Waals surface area contributed by atoms with E-state index in [1.165, 1.54) is 19.8 Å². The lowest BCUT2D eigenvalue weighted by Gasteiger charge is -2.33. The van der Waals surface area contributed by atoms with Crippen molar-refractivity contribution in [3.05, 3.63) is 29.8 Å². The van der Waals surface area contributed by atoms with Gasteiger partial charge in [-0.05, 0) is 43.4 Å². The lowest BCUT2D eigenvalue weighted by atomic mass is 10.00. The van der Waals surface area contributed by atoms with Gasteiger partial charge in [0.25, 0.3) is 0 Å². The molecule has 1 saturated heterocycles. The van der Waals surface area contributed by atoms with Crippen LogP contribution in [0.1, 0.15) is 39.2 Å². The zero-order chi connectivity index (χ0) is 16.7. The van der Waals surface area contributed by atoms with E-state index >= 15 is 0 Å². The van der Waals surface area contributed by atoms with Crippen molar-refractivity contribution in [2.24, 2.45) is 10.9 Å². The third-order valence-corrected chi connectivity index (χ3v) is 4.08. The summed E-state index contributed by atoms with van der Waals surface area (Å²) >= 11 is 0. The molecule has 24 heavy (non-hydrogen) atoms. The van der Waals surface area contributed by atoms with Gasteiger partial charge < -0.3 is 15.5 Å². The van der Waals surface area contributed by atoms with Crippen molar-refractivity contribution in [2.75, 3.05) is 25.0 Å². The fourth-order valence-corrected chi connectivity index (χ4v) is 2.76. The van der Waals surface area contributed by atoms with Gasteiger partial charge in [0.2, 0.25) is 5.91 Å². The maximum Gasteiger partial charge on any atom is 0.221 e. The predicted molar refractivity (Wildman–Crippen MR) is 111 cm³/mol. The first-order valence-electron chi connectivity index (χ1n) is 8.48. The number of halogens is 1. The second-order valence-corrected chi connectivity index (χ2v) is 6.22. The summed E-state index contributed by atoms with van der Waals surface area (Å²) in [5.74, 6) is 1.74. The number of carbonyl (C=O) groups excluding carboxylic acids is 1. The van der Waals surface area contributed by atoms with Gasteiger partial charge in [0.15, 0.2) is 5.96 Å². The Balaban J connectivity index is 0.00000288. The fraction of sp³-hybridized carbons (Fsp3) is 0.556. The normalized spacial score (nSPS) is 15.6. The third kappa shape index (κ3) is 6.67. The van der Waals surface area contributed by atoms with Crippen LogP contribution < -0.4 is 10.6 Å². The zero-order valence-corrected chi connectivity index (χ0v) is 17.2. The molecule has 134 valence electrons. The SMILES string of the molecule is CCNC(=NCc1cccc(NC(C)=O)c1)N1CCC(C)CC1.I. The van der Waals surface area contributed by atoms with E-state index in [9.17, 15) is 4.79 Å². The standard InChI is InChI=1S/C18H28N4O.HI/c1-4-19-18(22-10-8-14(2)9-11-22)20-13-16-6-5-7-17(12-16)21-15(3)23;/h5-7,12,14H,4,8-11,13H2,1-3H3,(H,19,20)(H,21,23);1H. The number of amides is 1. The van der Waals surface area contributed by atoms with Gasteiger partial charge in [-0.25, -0.2) is 4.99 Å². The molecule has 0 aromatic heterocycles. The number of hydrogen-bond donors (Lipinski definition) is 2. The summed E-state index contributed by atoms with van der Waals surface area (Å²) in [6.07, 6.45) is 2.45. The molecule has 1 aliphatic heterocycles. The van der Waals surface area contributed by atoms with Crippen molar-refractivity contribution < 1.29 is 4.79 Å². The average molecular weight is 444 g/mol. The van der Waals surface area contributed by atoms with E-state index in [-0.39, 0.29) is 29.9 Å². The highest BCUT2D eigenvalue weighted by atomic mass is 127. The monoisotopic (exact) mass is 444 g/mol. The van der Waals surface area contributed by atoms with Gasteiger partial charge in [0, 0.05) is 32.2 Å². The van der Waals surface area contributed by atoms with Gasteiger partial charge in [-0.3, -0.25) is 4.79 Å². The van der Waals surface area contributed by atoms with Crippen molar-refractivity contribution in [1.29, 1.82) is 0 Å². The van der Waals surface area contributed by atoms with Crippen LogP contribution in [0, 0.1) is 5.92 Å². The Hall–Kier alpha value is -1.31. The molecule has 1 heterocycles. The molecule has 1 aliphatic rings. The van der Waals surface area contributed by atoms with Crippen LogP contribution >= 0.6 is 24.0 Å². The number of benzene rings is 1. The summed E-state index contributed by atoms with van der Waals surface area (Å²) in [5, 5.41) is 6.20. The maximum atomic E-state index is 11.2. The molecule has 0 unspecified atom stereocenters. The first-order valence-corrected chi connectivity index (χ1v) is 8.48. The Kier molecular flexibility index (Phi) is 9.10. The molecular formula is C18H29IN4O. The second kappa shape index (κ2) is 10.5. The molecule has 1 amide bonds. The lowest BCUT2D eigenvalue weighted by molar-refractivity contribution is -0.114. The number of piperidine rings is 1. The molecule has 1 fully saturated rings. The summed E-state index contributed by atoms with van der Waals surface area (Å²) in [6.45, 7) is 9.55. The molecule has 0 spiro atoms. The molecule has 0 atom stereocenters. The molecule has 2 rings (SSSR count). The van der Waals surface area contributed by atoms with Crippen LogP contribution in [-0.4, -0.2) is 36.4 Å². The van der Waals surface area contributed by atoms with Gasteiger partial charge in [-0.15, -0.1) is 24.0 Å². The second-order valence-electron chi connectivity index (χ2n) is 6.22. The van der Waals surface area contributed by atoms with Crippen LogP contribution in [0.2, 0.25) is 0 Å². The average Bonchev–Trinajstić information content (AvgIpc) is 2.52. The van der Waals surface area contributed by atoms with Crippen LogP contribution in [0.25, 0.3) is 0 Å². The van der Waals surface area contributed by atoms with E-state index in [1.54, 1.807) is 0 Å². The van der Waals surface area contributed by atoms with E-state index < -0.39 is 0 Å². The minimum absolute atomic E-state index is 0. The molecule has 1 aromatic rings. The minimum atomic E-state index is -0.0542. The number of carbonyl (C=O) groups is 1. The van der Waals surface area contributed by atoms with Gasteiger partial charge in [-0.2, -0.15) is 0 Å². The number of guanidine groups is 1. The number of nitrogens with one attached hydrogen (secondary N) is 2. The van der Waals surface area contributed by atoms with Crippen molar-refractivity contribution in [2.45, 2.75) is 40.2 Å². The summed E-state index contributed by atoms with van der Waals surface area (Å²) in [6, 6.07) is 7.86. The van der Waals surface area contributed by atoms with Crippen LogP contribution in [0.3, 0.4) is 0 Å². The molecule has 6 heteroatoms. The van der Waals surface area contributed by atoms with E-state index in [1.807, 2.05) is 24.3 Å². The summed E-state index contributed by atoms with van der Waals surface area (Å²) in [4.78, 5) is 18.3.